The maximum atomic E-state index is 14.3. The molecule has 0 saturated heterocycles. The molecule has 2 aliphatic rings. The van der Waals surface area contributed by atoms with Crippen molar-refractivity contribution in [2.75, 3.05) is 0 Å². The van der Waals surface area contributed by atoms with Crippen molar-refractivity contribution in [3.05, 3.63) is 57.6 Å². The molecule has 0 radical (unpaired) electrons. The molecule has 0 unspecified atom stereocenters. The van der Waals surface area contributed by atoms with Crippen LogP contribution in [0.1, 0.15) is 49.3 Å². The van der Waals surface area contributed by atoms with Crippen LogP contribution < -0.4 is 9.47 Å². The van der Waals surface area contributed by atoms with Crippen LogP contribution in [-0.4, -0.2) is 22.0 Å². The van der Waals surface area contributed by atoms with Gasteiger partial charge in [-0.1, -0.05) is 11.6 Å². The fourth-order valence-corrected chi connectivity index (χ4v) is 3.64. The Morgan fingerprint density at radius 2 is 1.79 bits per heavy atom. The van der Waals surface area contributed by atoms with E-state index >= 15 is 0 Å². The topological polar surface area (TPSA) is 76.0 Å². The second-order valence-corrected chi connectivity index (χ2v) is 8.19. The predicted molar refractivity (Wildman–Crippen MR) is 103 cm³/mol. The molecule has 5 nitrogen and oxygen atoms in total. The largest absolute Gasteiger partial charge is 0.503 e. The van der Waals surface area contributed by atoms with Crippen molar-refractivity contribution in [1.29, 1.82) is 0 Å². The predicted octanol–water partition coefficient (Wildman–Crippen LogP) is 6.01. The van der Waals surface area contributed by atoms with Gasteiger partial charge in [0.05, 0.1) is 0 Å². The van der Waals surface area contributed by atoms with Crippen molar-refractivity contribution < 1.29 is 33.3 Å². The molecular weight excluding hydrogens is 406 g/mol. The van der Waals surface area contributed by atoms with Crippen molar-refractivity contribution in [3.8, 4) is 11.5 Å². The highest BCUT2D eigenvalue weighted by Gasteiger charge is 2.32. The van der Waals surface area contributed by atoms with Gasteiger partial charge in [0.1, 0.15) is 18.0 Å². The van der Waals surface area contributed by atoms with Gasteiger partial charge in [0.25, 0.3) is 0 Å². The molecule has 0 aromatic heterocycles. The molecule has 156 valence electrons. The molecule has 1 fully saturated rings. The molecule has 0 amide bonds. The van der Waals surface area contributed by atoms with Gasteiger partial charge >= 0.3 is 6.16 Å². The first-order valence-corrected chi connectivity index (χ1v) is 9.47. The van der Waals surface area contributed by atoms with Crippen LogP contribution in [0.2, 0.25) is 5.02 Å². The van der Waals surface area contributed by atoms with Gasteiger partial charge in [0.2, 0.25) is 0 Å². The summed E-state index contributed by atoms with van der Waals surface area (Å²) >= 11 is 6.17. The van der Waals surface area contributed by atoms with Gasteiger partial charge in [0, 0.05) is 17.0 Å². The first-order valence-electron chi connectivity index (χ1n) is 9.09. The number of hydrogen-bond acceptors (Lipinski definition) is 3. The fraction of sp³-hybridized carbons (Fsp3) is 0.381. The van der Waals surface area contributed by atoms with Gasteiger partial charge in [0.15, 0.2) is 17.4 Å². The average molecular weight is 427 g/mol. The quantitative estimate of drug-likeness (QED) is 0.626. The summed E-state index contributed by atoms with van der Waals surface area (Å²) in [5.41, 5.74) is 2.06. The molecule has 0 spiro atoms. The molecule has 2 aromatic rings. The van der Waals surface area contributed by atoms with E-state index in [0.29, 0.717) is 21.9 Å². The maximum absolute atomic E-state index is 14.3. The number of fused-ring (bicyclic) bond motifs is 1. The summed E-state index contributed by atoms with van der Waals surface area (Å²) in [4.78, 5) is 8.56. The van der Waals surface area contributed by atoms with E-state index in [1.807, 2.05) is 19.9 Å². The second-order valence-electron chi connectivity index (χ2n) is 7.75. The highest BCUT2D eigenvalue weighted by molar-refractivity contribution is 6.30. The SMILES string of the molecule is CC1(C)Cc2cc(Cl)cc(COc3c(F)cc(C4CC4)cc3F)c2O1.O=C(O)O. The number of hydrogen-bond donors (Lipinski definition) is 2. The van der Waals surface area contributed by atoms with E-state index in [4.69, 9.17) is 36.1 Å². The van der Waals surface area contributed by atoms with Crippen LogP contribution in [0.4, 0.5) is 13.6 Å². The molecule has 1 aliphatic carbocycles. The molecule has 1 heterocycles. The summed E-state index contributed by atoms with van der Waals surface area (Å²) in [6.07, 6.45) is 0.871. The van der Waals surface area contributed by atoms with Crippen LogP contribution in [0.3, 0.4) is 0 Å². The van der Waals surface area contributed by atoms with Crippen LogP contribution in [0.15, 0.2) is 24.3 Å². The zero-order chi connectivity index (χ0) is 21.3. The molecule has 0 bridgehead atoms. The van der Waals surface area contributed by atoms with Crippen LogP contribution in [0, 0.1) is 11.6 Å². The third-order valence-corrected chi connectivity index (χ3v) is 4.86. The minimum atomic E-state index is -1.83. The molecule has 4 rings (SSSR count). The fourth-order valence-electron chi connectivity index (χ4n) is 3.37. The number of rotatable bonds is 4. The lowest BCUT2D eigenvalue weighted by Crippen LogP contribution is -2.25. The summed E-state index contributed by atoms with van der Waals surface area (Å²) in [6.45, 7) is 3.97. The molecule has 1 saturated carbocycles. The Morgan fingerprint density at radius 3 is 2.34 bits per heavy atom. The van der Waals surface area contributed by atoms with E-state index in [1.165, 1.54) is 12.1 Å². The van der Waals surface area contributed by atoms with Crippen LogP contribution in [-0.2, 0) is 13.0 Å². The standard InChI is InChI=1S/C20H19ClF2O2.CH2O3/c1-20(2)9-13-5-15(21)6-14(18(13)25-20)10-24-19-16(22)7-12(8-17(19)23)11-3-4-11;2-1(3)4/h5-8,11H,3-4,9-10H2,1-2H3;(H2,2,3,4). The first kappa shape index (κ1) is 21.2. The molecule has 1 aliphatic heterocycles. The van der Waals surface area contributed by atoms with Crippen LogP contribution in [0.25, 0.3) is 0 Å². The van der Waals surface area contributed by atoms with Gasteiger partial charge in [-0.25, -0.2) is 13.6 Å². The van der Waals surface area contributed by atoms with Gasteiger partial charge in [-0.15, -0.1) is 0 Å². The molecular formula is C21H21ClF2O5. The lowest BCUT2D eigenvalue weighted by molar-refractivity contribution is 0.134. The molecule has 0 atom stereocenters. The second kappa shape index (κ2) is 8.06. The third-order valence-electron chi connectivity index (χ3n) is 4.64. The lowest BCUT2D eigenvalue weighted by atomic mass is 10.0. The number of ether oxygens (including phenoxy) is 2. The van der Waals surface area contributed by atoms with Gasteiger partial charge in [-0.2, -0.15) is 0 Å². The number of carbonyl (C=O) groups is 1. The van der Waals surface area contributed by atoms with Gasteiger partial charge in [-0.05, 0) is 68.0 Å². The summed E-state index contributed by atoms with van der Waals surface area (Å²) in [6, 6.07) is 6.33. The summed E-state index contributed by atoms with van der Waals surface area (Å²) in [5.74, 6) is -0.700. The van der Waals surface area contributed by atoms with Crippen molar-refractivity contribution in [2.24, 2.45) is 0 Å². The van der Waals surface area contributed by atoms with E-state index in [2.05, 4.69) is 0 Å². The van der Waals surface area contributed by atoms with Crippen molar-refractivity contribution in [3.63, 3.8) is 0 Å². The minimum absolute atomic E-state index is 0.00438. The Kier molecular flexibility index (Phi) is 5.89. The molecule has 8 heteroatoms. The summed E-state index contributed by atoms with van der Waals surface area (Å²) < 4.78 is 39.9. The summed E-state index contributed by atoms with van der Waals surface area (Å²) in [7, 11) is 0. The zero-order valence-electron chi connectivity index (χ0n) is 16.0. The highest BCUT2D eigenvalue weighted by atomic mass is 35.5. The van der Waals surface area contributed by atoms with E-state index in [-0.39, 0.29) is 23.9 Å². The Balaban J connectivity index is 0.000000552. The maximum Gasteiger partial charge on any atom is 0.503 e. The minimum Gasteiger partial charge on any atom is -0.487 e. The molecule has 29 heavy (non-hydrogen) atoms. The number of halogens is 3. The van der Waals surface area contributed by atoms with Crippen molar-refractivity contribution in [2.45, 2.75) is 51.2 Å². The third kappa shape index (κ3) is 5.29. The molecule has 2 N–H and O–H groups in total. The van der Waals surface area contributed by atoms with Gasteiger partial charge in [-0.3, -0.25) is 0 Å². The molecule has 2 aromatic carbocycles. The average Bonchev–Trinajstić information content (AvgIpc) is 3.36. The summed E-state index contributed by atoms with van der Waals surface area (Å²) in [5, 5.41) is 14.5. The van der Waals surface area contributed by atoms with E-state index < -0.39 is 17.8 Å². The van der Waals surface area contributed by atoms with Crippen LogP contribution in [0.5, 0.6) is 11.5 Å². The highest BCUT2D eigenvalue weighted by Crippen LogP contribution is 2.43. The smallest absolute Gasteiger partial charge is 0.487 e. The van der Waals surface area contributed by atoms with Crippen LogP contribution >= 0.6 is 11.6 Å². The van der Waals surface area contributed by atoms with Crippen molar-refractivity contribution in [1.82, 2.24) is 0 Å². The number of benzene rings is 2. The van der Waals surface area contributed by atoms with E-state index in [0.717, 1.165) is 24.8 Å². The van der Waals surface area contributed by atoms with E-state index in [9.17, 15) is 8.78 Å². The van der Waals surface area contributed by atoms with E-state index in [1.54, 1.807) is 6.07 Å². The first-order chi connectivity index (χ1) is 13.6. The van der Waals surface area contributed by atoms with Gasteiger partial charge < -0.3 is 19.7 Å². The normalized spacial score (nSPS) is 16.3. The lowest BCUT2D eigenvalue weighted by Gasteiger charge is -2.18. The Morgan fingerprint density at radius 1 is 1.21 bits per heavy atom. The Hall–Kier alpha value is -2.54. The number of carboxylic acid groups (broad SMARTS) is 2. The zero-order valence-corrected chi connectivity index (χ0v) is 16.7. The van der Waals surface area contributed by atoms with Crippen molar-refractivity contribution >= 4 is 17.8 Å². The monoisotopic (exact) mass is 426 g/mol. The Labute approximate surface area is 171 Å². The Bertz CT molecular complexity index is 914.